The minimum atomic E-state index is 0.909. The molecular formula is C50H34N4. The quantitative estimate of drug-likeness (QED) is 0.167. The summed E-state index contributed by atoms with van der Waals surface area (Å²) >= 11 is 0. The molecular weight excluding hydrogens is 657 g/mol. The lowest BCUT2D eigenvalue weighted by Crippen LogP contribution is -2.00. The number of aromatic nitrogens is 4. The predicted molar refractivity (Wildman–Crippen MR) is 223 cm³/mol. The second-order valence-corrected chi connectivity index (χ2v) is 13.4. The zero-order valence-corrected chi connectivity index (χ0v) is 29.4. The maximum atomic E-state index is 5.26. The van der Waals surface area contributed by atoms with E-state index in [0.717, 1.165) is 89.6 Å². The third-order valence-electron chi connectivity index (χ3n) is 10.2. The monoisotopic (exact) mass is 690 g/mol. The first-order valence-corrected chi connectivity index (χ1v) is 18.3. The SMILES string of the molecule is c1ccc(-n2c(-c3ccccc3-c3ccccc3-c3ccccc3-c3ccccc3-c3nc4ccccc4n3-c3ccccc3)nc3ccccc32)cc1. The summed E-state index contributed by atoms with van der Waals surface area (Å²) in [5, 5.41) is 0. The molecule has 254 valence electrons. The van der Waals surface area contributed by atoms with Gasteiger partial charge < -0.3 is 0 Å². The minimum Gasteiger partial charge on any atom is -0.292 e. The van der Waals surface area contributed by atoms with Crippen molar-refractivity contribution in [1.82, 2.24) is 19.1 Å². The van der Waals surface area contributed by atoms with E-state index in [0.29, 0.717) is 0 Å². The minimum absolute atomic E-state index is 0.909. The number of fused-ring (bicyclic) bond motifs is 2. The molecule has 0 bridgehead atoms. The first kappa shape index (κ1) is 31.4. The molecule has 2 aromatic heterocycles. The molecule has 4 heteroatoms. The molecule has 10 aromatic rings. The lowest BCUT2D eigenvalue weighted by Gasteiger charge is -2.19. The molecule has 0 spiro atoms. The molecule has 4 nitrogen and oxygen atoms in total. The van der Waals surface area contributed by atoms with Crippen LogP contribution in [0.2, 0.25) is 0 Å². The van der Waals surface area contributed by atoms with Crippen LogP contribution in [0.25, 0.3) is 89.6 Å². The van der Waals surface area contributed by atoms with E-state index >= 15 is 0 Å². The summed E-state index contributed by atoms with van der Waals surface area (Å²) in [5.74, 6) is 1.82. The highest BCUT2D eigenvalue weighted by Crippen LogP contribution is 2.44. The van der Waals surface area contributed by atoms with Crippen LogP contribution in [0.4, 0.5) is 0 Å². The van der Waals surface area contributed by atoms with Gasteiger partial charge in [-0.2, -0.15) is 0 Å². The Hall–Kier alpha value is -7.30. The molecule has 0 saturated carbocycles. The van der Waals surface area contributed by atoms with Crippen molar-refractivity contribution in [2.24, 2.45) is 0 Å². The van der Waals surface area contributed by atoms with Crippen LogP contribution >= 0.6 is 0 Å². The summed E-state index contributed by atoms with van der Waals surface area (Å²) in [6.45, 7) is 0. The van der Waals surface area contributed by atoms with Gasteiger partial charge in [0.15, 0.2) is 0 Å². The number of hydrogen-bond acceptors (Lipinski definition) is 2. The fourth-order valence-corrected chi connectivity index (χ4v) is 7.82. The van der Waals surface area contributed by atoms with Gasteiger partial charge in [0.05, 0.1) is 22.1 Å². The maximum absolute atomic E-state index is 5.26. The normalized spacial score (nSPS) is 11.3. The van der Waals surface area contributed by atoms with E-state index in [9.17, 15) is 0 Å². The molecule has 0 unspecified atom stereocenters. The van der Waals surface area contributed by atoms with E-state index in [2.05, 4.69) is 215 Å². The van der Waals surface area contributed by atoms with Gasteiger partial charge in [0, 0.05) is 22.5 Å². The molecule has 8 aromatic carbocycles. The van der Waals surface area contributed by atoms with Gasteiger partial charge in [0.1, 0.15) is 11.6 Å². The van der Waals surface area contributed by atoms with Crippen molar-refractivity contribution in [2.75, 3.05) is 0 Å². The number of para-hydroxylation sites is 6. The average Bonchev–Trinajstić information content (AvgIpc) is 3.84. The highest BCUT2D eigenvalue weighted by molar-refractivity contribution is 5.99. The van der Waals surface area contributed by atoms with Crippen LogP contribution in [0.3, 0.4) is 0 Å². The predicted octanol–water partition coefficient (Wildman–Crippen LogP) is 12.7. The van der Waals surface area contributed by atoms with Crippen molar-refractivity contribution in [3.63, 3.8) is 0 Å². The Bertz CT molecular complexity index is 2730. The smallest absolute Gasteiger partial charge is 0.146 e. The van der Waals surface area contributed by atoms with Crippen LogP contribution in [-0.2, 0) is 0 Å². The Morgan fingerprint density at radius 3 is 0.852 bits per heavy atom. The van der Waals surface area contributed by atoms with Crippen LogP contribution in [-0.4, -0.2) is 19.1 Å². The summed E-state index contributed by atoms with van der Waals surface area (Å²) in [4.78, 5) is 10.5. The molecule has 0 radical (unpaired) electrons. The number of imidazole rings is 2. The third kappa shape index (κ3) is 5.32. The zero-order chi connectivity index (χ0) is 35.8. The largest absolute Gasteiger partial charge is 0.292 e. The Morgan fingerprint density at radius 1 is 0.241 bits per heavy atom. The fourth-order valence-electron chi connectivity index (χ4n) is 7.82. The van der Waals surface area contributed by atoms with Gasteiger partial charge in [0.2, 0.25) is 0 Å². The molecule has 0 atom stereocenters. The summed E-state index contributed by atoms with van der Waals surface area (Å²) in [5.41, 5.74) is 15.2. The Kier molecular flexibility index (Phi) is 7.77. The van der Waals surface area contributed by atoms with Crippen LogP contribution in [0.15, 0.2) is 206 Å². The number of hydrogen-bond donors (Lipinski definition) is 0. The van der Waals surface area contributed by atoms with E-state index in [-0.39, 0.29) is 0 Å². The molecule has 0 fully saturated rings. The topological polar surface area (TPSA) is 35.6 Å². The summed E-state index contributed by atoms with van der Waals surface area (Å²) in [6.07, 6.45) is 0. The summed E-state index contributed by atoms with van der Waals surface area (Å²) in [6, 6.07) is 72.6. The van der Waals surface area contributed by atoms with Crippen molar-refractivity contribution < 1.29 is 0 Å². The van der Waals surface area contributed by atoms with Gasteiger partial charge in [-0.15, -0.1) is 0 Å². The van der Waals surface area contributed by atoms with Crippen LogP contribution in [0.1, 0.15) is 0 Å². The number of rotatable bonds is 7. The van der Waals surface area contributed by atoms with E-state index in [4.69, 9.17) is 9.97 Å². The van der Waals surface area contributed by atoms with Crippen molar-refractivity contribution >= 4 is 22.1 Å². The zero-order valence-electron chi connectivity index (χ0n) is 29.4. The van der Waals surface area contributed by atoms with Gasteiger partial charge >= 0.3 is 0 Å². The van der Waals surface area contributed by atoms with Crippen LogP contribution in [0, 0.1) is 0 Å². The molecule has 0 N–H and O–H groups in total. The van der Waals surface area contributed by atoms with Gasteiger partial charge in [-0.3, -0.25) is 9.13 Å². The van der Waals surface area contributed by atoms with Gasteiger partial charge in [-0.05, 0) is 81.9 Å². The lowest BCUT2D eigenvalue weighted by molar-refractivity contribution is 1.10. The number of benzene rings is 8. The van der Waals surface area contributed by atoms with Crippen molar-refractivity contribution in [3.8, 4) is 67.5 Å². The Labute approximate surface area is 313 Å². The molecule has 10 rings (SSSR count). The van der Waals surface area contributed by atoms with E-state index in [1.54, 1.807) is 0 Å². The van der Waals surface area contributed by atoms with E-state index < -0.39 is 0 Å². The molecule has 2 heterocycles. The fraction of sp³-hybridized carbons (Fsp3) is 0. The first-order chi connectivity index (χ1) is 26.8. The van der Waals surface area contributed by atoms with Crippen LogP contribution < -0.4 is 0 Å². The van der Waals surface area contributed by atoms with Gasteiger partial charge in [-0.1, -0.05) is 158 Å². The highest BCUT2D eigenvalue weighted by Gasteiger charge is 2.22. The molecule has 0 amide bonds. The second-order valence-electron chi connectivity index (χ2n) is 13.4. The van der Waals surface area contributed by atoms with Crippen molar-refractivity contribution in [3.05, 3.63) is 206 Å². The molecule has 54 heavy (non-hydrogen) atoms. The second kappa shape index (κ2) is 13.4. The maximum Gasteiger partial charge on any atom is 0.146 e. The van der Waals surface area contributed by atoms with Gasteiger partial charge in [-0.25, -0.2) is 9.97 Å². The van der Waals surface area contributed by atoms with Crippen LogP contribution in [0.5, 0.6) is 0 Å². The molecule has 0 aliphatic rings. The summed E-state index contributed by atoms with van der Waals surface area (Å²) < 4.78 is 4.56. The van der Waals surface area contributed by atoms with Crippen molar-refractivity contribution in [1.29, 1.82) is 0 Å². The third-order valence-corrected chi connectivity index (χ3v) is 10.2. The number of nitrogens with zero attached hydrogens (tertiary/aromatic N) is 4. The Morgan fingerprint density at radius 2 is 0.500 bits per heavy atom. The average molecular weight is 691 g/mol. The standard InChI is InChI=1S/C50H34N4/c1-3-19-35(20-4-1)53-47-33-17-15-31-45(47)51-49(53)43-29-13-11-27-41(43)39-25-9-7-23-37(39)38-24-8-10-26-40(38)42-28-12-14-30-44(42)50-52-46-32-16-18-34-48(46)54(50)36-21-5-2-6-22-36/h1-34H. The van der Waals surface area contributed by atoms with Crippen molar-refractivity contribution in [2.45, 2.75) is 0 Å². The van der Waals surface area contributed by atoms with E-state index in [1.165, 1.54) is 0 Å². The first-order valence-electron chi connectivity index (χ1n) is 18.3. The van der Waals surface area contributed by atoms with E-state index in [1.807, 2.05) is 0 Å². The molecule has 0 aliphatic heterocycles. The van der Waals surface area contributed by atoms with Gasteiger partial charge in [0.25, 0.3) is 0 Å². The molecule has 0 saturated heterocycles. The highest BCUT2D eigenvalue weighted by atomic mass is 15.1. The molecule has 0 aliphatic carbocycles. The summed E-state index contributed by atoms with van der Waals surface area (Å²) in [7, 11) is 0. The Balaban J connectivity index is 1.17. The lowest BCUT2D eigenvalue weighted by atomic mass is 9.86.